The maximum atomic E-state index is 12.0. The first-order valence-electron chi connectivity index (χ1n) is 5.37. The third-order valence-corrected chi connectivity index (χ3v) is 3.06. The molecule has 1 unspecified atom stereocenters. The largest absolute Gasteiger partial charge is 0.467 e. The highest BCUT2D eigenvalue weighted by Crippen LogP contribution is 2.21. The van der Waals surface area contributed by atoms with Gasteiger partial charge in [0.1, 0.15) is 5.76 Å². The van der Waals surface area contributed by atoms with Gasteiger partial charge < -0.3 is 9.73 Å². The molecule has 1 amide bonds. The summed E-state index contributed by atoms with van der Waals surface area (Å²) in [6.45, 7) is 1.83. The van der Waals surface area contributed by atoms with E-state index in [1.165, 1.54) is 6.07 Å². The highest BCUT2D eigenvalue weighted by atomic mass is 35.5. The molecular formula is C13H11Cl2NO2. The lowest BCUT2D eigenvalue weighted by molar-refractivity contribution is 0.0935. The second kappa shape index (κ2) is 5.46. The molecule has 0 aliphatic rings. The monoisotopic (exact) mass is 283 g/mol. The van der Waals surface area contributed by atoms with Crippen molar-refractivity contribution < 1.29 is 9.21 Å². The Kier molecular flexibility index (Phi) is 3.94. The fraction of sp³-hybridized carbons (Fsp3) is 0.154. The molecule has 2 rings (SSSR count). The predicted octanol–water partition coefficient (Wildman–Crippen LogP) is 4.08. The first-order valence-corrected chi connectivity index (χ1v) is 6.13. The van der Waals surface area contributed by atoms with Crippen molar-refractivity contribution in [3.05, 3.63) is 58.0 Å². The average Bonchev–Trinajstić information content (AvgIpc) is 2.85. The van der Waals surface area contributed by atoms with Crippen molar-refractivity contribution in [3.63, 3.8) is 0 Å². The van der Waals surface area contributed by atoms with Gasteiger partial charge in [-0.05, 0) is 37.3 Å². The topological polar surface area (TPSA) is 42.2 Å². The van der Waals surface area contributed by atoms with Crippen LogP contribution in [-0.2, 0) is 0 Å². The molecule has 0 spiro atoms. The van der Waals surface area contributed by atoms with Crippen molar-refractivity contribution in [1.29, 1.82) is 0 Å². The van der Waals surface area contributed by atoms with Crippen molar-refractivity contribution in [2.75, 3.05) is 0 Å². The number of hydrogen-bond donors (Lipinski definition) is 1. The van der Waals surface area contributed by atoms with Gasteiger partial charge in [0.15, 0.2) is 0 Å². The second-order valence-corrected chi connectivity index (χ2v) is 4.68. The minimum atomic E-state index is -0.286. The summed E-state index contributed by atoms with van der Waals surface area (Å²) < 4.78 is 5.21. The van der Waals surface area contributed by atoms with Crippen LogP contribution in [0.15, 0.2) is 41.0 Å². The Balaban J connectivity index is 2.15. The number of benzene rings is 1. The van der Waals surface area contributed by atoms with Gasteiger partial charge in [-0.15, -0.1) is 0 Å². The van der Waals surface area contributed by atoms with Crippen LogP contribution in [0, 0.1) is 0 Å². The van der Waals surface area contributed by atoms with Crippen molar-refractivity contribution in [3.8, 4) is 0 Å². The first-order chi connectivity index (χ1) is 8.58. The highest BCUT2D eigenvalue weighted by molar-refractivity contribution is 6.35. The zero-order valence-electron chi connectivity index (χ0n) is 9.61. The maximum Gasteiger partial charge on any atom is 0.253 e. The van der Waals surface area contributed by atoms with E-state index in [1.807, 2.05) is 6.92 Å². The van der Waals surface area contributed by atoms with Crippen LogP contribution in [0.1, 0.15) is 29.1 Å². The van der Waals surface area contributed by atoms with E-state index in [9.17, 15) is 4.79 Å². The maximum absolute atomic E-state index is 12.0. The van der Waals surface area contributed by atoms with Crippen molar-refractivity contribution in [1.82, 2.24) is 5.32 Å². The zero-order chi connectivity index (χ0) is 13.1. The van der Waals surface area contributed by atoms with E-state index in [0.717, 1.165) is 0 Å². The van der Waals surface area contributed by atoms with Gasteiger partial charge in [-0.1, -0.05) is 23.2 Å². The summed E-state index contributed by atoms with van der Waals surface area (Å²) in [5, 5.41) is 3.62. The van der Waals surface area contributed by atoms with Gasteiger partial charge in [-0.25, -0.2) is 0 Å². The van der Waals surface area contributed by atoms with Crippen LogP contribution in [0.2, 0.25) is 10.0 Å². The second-order valence-electron chi connectivity index (χ2n) is 3.83. The lowest BCUT2D eigenvalue weighted by Crippen LogP contribution is -2.26. The molecule has 0 radical (unpaired) electrons. The van der Waals surface area contributed by atoms with Gasteiger partial charge in [-0.3, -0.25) is 4.79 Å². The Morgan fingerprint density at radius 1 is 1.33 bits per heavy atom. The van der Waals surface area contributed by atoms with Gasteiger partial charge in [0, 0.05) is 5.02 Å². The number of carbonyl (C=O) groups excluding carboxylic acids is 1. The van der Waals surface area contributed by atoms with Crippen molar-refractivity contribution in [2.45, 2.75) is 13.0 Å². The minimum absolute atomic E-state index is 0.234. The molecule has 1 aromatic carbocycles. The van der Waals surface area contributed by atoms with E-state index < -0.39 is 0 Å². The fourth-order valence-electron chi connectivity index (χ4n) is 1.55. The van der Waals surface area contributed by atoms with Gasteiger partial charge in [0.25, 0.3) is 5.91 Å². The molecule has 1 heterocycles. The molecule has 0 saturated heterocycles. The molecule has 18 heavy (non-hydrogen) atoms. The van der Waals surface area contributed by atoms with Crippen LogP contribution >= 0.6 is 23.2 Å². The third-order valence-electron chi connectivity index (χ3n) is 2.49. The molecule has 1 aromatic heterocycles. The quantitative estimate of drug-likeness (QED) is 0.922. The normalized spacial score (nSPS) is 12.2. The Morgan fingerprint density at radius 2 is 2.11 bits per heavy atom. The van der Waals surface area contributed by atoms with E-state index in [-0.39, 0.29) is 11.9 Å². The number of furan rings is 1. The van der Waals surface area contributed by atoms with Crippen LogP contribution in [-0.4, -0.2) is 5.91 Å². The lowest BCUT2D eigenvalue weighted by Gasteiger charge is -2.12. The van der Waals surface area contributed by atoms with E-state index in [0.29, 0.717) is 21.4 Å². The Labute approximate surface area is 115 Å². The summed E-state index contributed by atoms with van der Waals surface area (Å²) in [5.74, 6) is 0.396. The molecular weight excluding hydrogens is 273 g/mol. The molecule has 3 nitrogen and oxygen atoms in total. The van der Waals surface area contributed by atoms with Crippen molar-refractivity contribution in [2.24, 2.45) is 0 Å². The molecule has 1 N–H and O–H groups in total. The van der Waals surface area contributed by atoms with Gasteiger partial charge >= 0.3 is 0 Å². The number of rotatable bonds is 3. The first kappa shape index (κ1) is 13.0. The third kappa shape index (κ3) is 2.86. The molecule has 0 saturated carbocycles. The van der Waals surface area contributed by atoms with Crippen LogP contribution in [0.4, 0.5) is 0 Å². The Bertz CT molecular complexity index is 552. The molecule has 0 aliphatic heterocycles. The van der Waals surface area contributed by atoms with E-state index >= 15 is 0 Å². The predicted molar refractivity (Wildman–Crippen MR) is 71.1 cm³/mol. The summed E-state index contributed by atoms with van der Waals surface area (Å²) in [7, 11) is 0. The number of amides is 1. The zero-order valence-corrected chi connectivity index (χ0v) is 11.1. The summed E-state index contributed by atoms with van der Waals surface area (Å²) in [6.07, 6.45) is 1.56. The Hall–Kier alpha value is -1.45. The van der Waals surface area contributed by atoms with Gasteiger partial charge in [0.2, 0.25) is 0 Å². The lowest BCUT2D eigenvalue weighted by atomic mass is 10.2. The van der Waals surface area contributed by atoms with E-state index in [2.05, 4.69) is 5.32 Å². The van der Waals surface area contributed by atoms with E-state index in [1.54, 1.807) is 30.5 Å². The summed E-state index contributed by atoms with van der Waals surface area (Å²) >= 11 is 11.8. The number of carbonyl (C=O) groups is 1. The highest BCUT2D eigenvalue weighted by Gasteiger charge is 2.15. The van der Waals surface area contributed by atoms with Gasteiger partial charge in [-0.2, -0.15) is 0 Å². The number of hydrogen-bond acceptors (Lipinski definition) is 2. The minimum Gasteiger partial charge on any atom is -0.467 e. The van der Waals surface area contributed by atoms with E-state index in [4.69, 9.17) is 27.6 Å². The molecule has 0 bridgehead atoms. The smallest absolute Gasteiger partial charge is 0.253 e. The standard InChI is InChI=1S/C13H11Cl2NO2/c1-8(12-3-2-6-18-12)16-13(17)10-7-9(14)4-5-11(10)15/h2-8H,1H3,(H,16,17). The van der Waals surface area contributed by atoms with Gasteiger partial charge in [0.05, 0.1) is 22.9 Å². The van der Waals surface area contributed by atoms with Crippen LogP contribution < -0.4 is 5.32 Å². The average molecular weight is 284 g/mol. The summed E-state index contributed by atoms with van der Waals surface area (Å²) in [6, 6.07) is 8.10. The molecule has 5 heteroatoms. The molecule has 0 fully saturated rings. The molecule has 0 aliphatic carbocycles. The van der Waals surface area contributed by atoms with Crippen molar-refractivity contribution >= 4 is 29.1 Å². The number of nitrogens with one attached hydrogen (secondary N) is 1. The fourth-order valence-corrected chi connectivity index (χ4v) is 1.93. The summed E-state index contributed by atoms with van der Waals surface area (Å²) in [4.78, 5) is 12.0. The Morgan fingerprint density at radius 3 is 2.78 bits per heavy atom. The van der Waals surface area contributed by atoms with Crippen LogP contribution in [0.25, 0.3) is 0 Å². The SMILES string of the molecule is CC(NC(=O)c1cc(Cl)ccc1Cl)c1ccco1. The van der Waals surface area contributed by atoms with Crippen LogP contribution in [0.5, 0.6) is 0 Å². The molecule has 94 valence electrons. The molecule has 2 aromatic rings. The van der Waals surface area contributed by atoms with Crippen LogP contribution in [0.3, 0.4) is 0 Å². The number of halogens is 2. The molecule has 1 atom stereocenters. The summed E-state index contributed by atoms with van der Waals surface area (Å²) in [5.41, 5.74) is 0.350.